The number of hydrogen-bond acceptors (Lipinski definition) is 5. The van der Waals surface area contributed by atoms with Crippen molar-refractivity contribution < 1.29 is 9.84 Å². The van der Waals surface area contributed by atoms with E-state index in [1.807, 2.05) is 11.8 Å². The highest BCUT2D eigenvalue weighted by Gasteiger charge is 2.24. The summed E-state index contributed by atoms with van der Waals surface area (Å²) in [6.45, 7) is 6.17. The van der Waals surface area contributed by atoms with Crippen LogP contribution in [0.1, 0.15) is 36.3 Å². The van der Waals surface area contributed by atoms with Crippen molar-refractivity contribution in [3.8, 4) is 0 Å². The van der Waals surface area contributed by atoms with E-state index in [1.54, 1.807) is 32.3 Å². The summed E-state index contributed by atoms with van der Waals surface area (Å²) in [4.78, 5) is 5.43. The molecule has 0 bridgehead atoms. The fourth-order valence-corrected chi connectivity index (χ4v) is 3.16. The Morgan fingerprint density at radius 3 is 2.69 bits per heavy atom. The van der Waals surface area contributed by atoms with Crippen LogP contribution in [0, 0.1) is 0 Å². The van der Waals surface area contributed by atoms with Crippen molar-refractivity contribution in [1.82, 2.24) is 4.98 Å². The second-order valence-corrected chi connectivity index (χ2v) is 6.37. The van der Waals surface area contributed by atoms with Gasteiger partial charge in [-0.3, -0.25) is 0 Å². The molecule has 1 aromatic rings. The maximum absolute atomic E-state index is 10.0. The highest BCUT2D eigenvalue weighted by Crippen LogP contribution is 2.31. The number of nitrogens with zero attached hydrogens (tertiary/aromatic N) is 1. The third-order valence-corrected chi connectivity index (χ3v) is 4.49. The molecular formula is C11H19NO2S2. The largest absolute Gasteiger partial charge is 0.385 e. The second kappa shape index (κ2) is 6.00. The first-order valence-electron chi connectivity index (χ1n) is 5.27. The van der Waals surface area contributed by atoms with Crippen LogP contribution >= 0.6 is 23.1 Å². The molecule has 3 nitrogen and oxygen atoms in total. The molecule has 0 aliphatic heterocycles. The monoisotopic (exact) mass is 261 g/mol. The molecule has 1 rings (SSSR count). The Kier molecular flexibility index (Phi) is 5.24. The van der Waals surface area contributed by atoms with Gasteiger partial charge in [0.15, 0.2) is 0 Å². The third kappa shape index (κ3) is 3.73. The molecule has 0 saturated heterocycles. The van der Waals surface area contributed by atoms with Crippen molar-refractivity contribution in [1.29, 1.82) is 0 Å². The summed E-state index contributed by atoms with van der Waals surface area (Å²) in [6.07, 6.45) is 0. The zero-order valence-electron chi connectivity index (χ0n) is 10.2. The van der Waals surface area contributed by atoms with E-state index in [-0.39, 0.29) is 0 Å². The van der Waals surface area contributed by atoms with E-state index in [0.29, 0.717) is 6.61 Å². The Morgan fingerprint density at radius 2 is 2.19 bits per heavy atom. The van der Waals surface area contributed by atoms with Gasteiger partial charge in [-0.25, -0.2) is 4.98 Å². The molecule has 0 radical (unpaired) electrons. The summed E-state index contributed by atoms with van der Waals surface area (Å²) in [7, 11) is 1.65. The molecule has 0 spiro atoms. The zero-order chi connectivity index (χ0) is 12.2. The number of thiazole rings is 1. The highest BCUT2D eigenvalue weighted by atomic mass is 32.2. The molecule has 16 heavy (non-hydrogen) atoms. The molecule has 0 aromatic carbocycles. The lowest BCUT2D eigenvalue weighted by Gasteiger charge is -2.16. The summed E-state index contributed by atoms with van der Waals surface area (Å²) >= 11 is 3.42. The maximum atomic E-state index is 10.0. The first kappa shape index (κ1) is 14.0. The minimum Gasteiger partial charge on any atom is -0.385 e. The molecule has 0 aliphatic carbocycles. The Hall–Kier alpha value is -0.100. The van der Waals surface area contributed by atoms with Gasteiger partial charge < -0.3 is 9.84 Å². The number of aromatic nitrogens is 1. The molecule has 0 fully saturated rings. The third-order valence-electron chi connectivity index (χ3n) is 2.01. The quantitative estimate of drug-likeness (QED) is 0.855. The second-order valence-electron chi connectivity index (χ2n) is 4.01. The Balaban J connectivity index is 2.91. The van der Waals surface area contributed by atoms with Gasteiger partial charge in [-0.05, 0) is 19.6 Å². The van der Waals surface area contributed by atoms with Crippen molar-refractivity contribution >= 4 is 23.1 Å². The molecule has 5 heteroatoms. The van der Waals surface area contributed by atoms with Crippen molar-refractivity contribution in [3.05, 3.63) is 15.6 Å². The summed E-state index contributed by atoms with van der Waals surface area (Å²) in [6, 6.07) is 0. The van der Waals surface area contributed by atoms with Gasteiger partial charge in [-0.2, -0.15) is 11.8 Å². The molecule has 0 aliphatic rings. The van der Waals surface area contributed by atoms with E-state index in [4.69, 9.17) is 4.74 Å². The minimum absolute atomic E-state index is 0.465. The van der Waals surface area contributed by atoms with Crippen molar-refractivity contribution in [2.24, 2.45) is 0 Å². The van der Waals surface area contributed by atoms with Crippen LogP contribution in [-0.2, 0) is 22.7 Å². The molecule has 0 unspecified atom stereocenters. The Labute approximate surface area is 105 Å². The highest BCUT2D eigenvalue weighted by molar-refractivity contribution is 7.98. The van der Waals surface area contributed by atoms with E-state index in [1.165, 1.54) is 0 Å². The standard InChI is InChI=1S/C11H19NO2S2/c1-5-15-7-9-12-8(6-14-4)10(16-9)11(2,3)13/h13H,5-7H2,1-4H3. The molecule has 92 valence electrons. The molecule has 0 amide bonds. The van der Waals surface area contributed by atoms with Gasteiger partial charge in [-0.1, -0.05) is 6.92 Å². The van der Waals surface area contributed by atoms with E-state index in [9.17, 15) is 5.11 Å². The van der Waals surface area contributed by atoms with Crippen LogP contribution in [0.25, 0.3) is 0 Å². The number of rotatable bonds is 6. The van der Waals surface area contributed by atoms with Crippen LogP contribution in [0.5, 0.6) is 0 Å². The van der Waals surface area contributed by atoms with Crippen LogP contribution in [0.2, 0.25) is 0 Å². The van der Waals surface area contributed by atoms with Gasteiger partial charge in [0.2, 0.25) is 0 Å². The summed E-state index contributed by atoms with van der Waals surface area (Å²) in [5.41, 5.74) is 0.0346. The van der Waals surface area contributed by atoms with Crippen molar-refractivity contribution in [3.63, 3.8) is 0 Å². The number of hydrogen-bond donors (Lipinski definition) is 1. The number of ether oxygens (including phenoxy) is 1. The molecule has 1 aromatic heterocycles. The maximum Gasteiger partial charge on any atom is 0.103 e. The van der Waals surface area contributed by atoms with Gasteiger partial charge in [0.25, 0.3) is 0 Å². The SMILES string of the molecule is CCSCc1nc(COC)c(C(C)(C)O)s1. The van der Waals surface area contributed by atoms with Crippen LogP contribution in [0.4, 0.5) is 0 Å². The molecule has 1 N–H and O–H groups in total. The predicted octanol–water partition coefficient (Wildman–Crippen LogP) is 2.77. The molecular weight excluding hydrogens is 242 g/mol. The topological polar surface area (TPSA) is 42.4 Å². The summed E-state index contributed by atoms with van der Waals surface area (Å²) in [5.74, 6) is 1.99. The van der Waals surface area contributed by atoms with E-state index in [2.05, 4.69) is 11.9 Å². The first-order valence-corrected chi connectivity index (χ1v) is 7.24. The van der Waals surface area contributed by atoms with Gasteiger partial charge in [0.1, 0.15) is 5.01 Å². The van der Waals surface area contributed by atoms with Crippen molar-refractivity contribution in [2.45, 2.75) is 38.7 Å². The zero-order valence-corrected chi connectivity index (χ0v) is 11.9. The lowest BCUT2D eigenvalue weighted by Crippen LogP contribution is -2.16. The number of aliphatic hydroxyl groups is 1. The number of methoxy groups -OCH3 is 1. The Bertz CT molecular complexity index is 331. The predicted molar refractivity (Wildman–Crippen MR) is 69.9 cm³/mol. The smallest absolute Gasteiger partial charge is 0.103 e. The normalized spacial score (nSPS) is 12.1. The Morgan fingerprint density at radius 1 is 1.50 bits per heavy atom. The molecule has 0 atom stereocenters. The van der Waals surface area contributed by atoms with Crippen LogP contribution in [-0.4, -0.2) is 23.0 Å². The van der Waals surface area contributed by atoms with Gasteiger partial charge in [0, 0.05) is 12.9 Å². The van der Waals surface area contributed by atoms with Crippen molar-refractivity contribution in [2.75, 3.05) is 12.9 Å². The molecule has 1 heterocycles. The fourth-order valence-electron chi connectivity index (χ4n) is 1.36. The minimum atomic E-state index is -0.833. The van der Waals surface area contributed by atoms with Crippen LogP contribution in [0.15, 0.2) is 0 Å². The molecule has 0 saturated carbocycles. The summed E-state index contributed by atoms with van der Waals surface area (Å²) in [5, 5.41) is 11.1. The average molecular weight is 261 g/mol. The van der Waals surface area contributed by atoms with Crippen LogP contribution in [0.3, 0.4) is 0 Å². The lowest BCUT2D eigenvalue weighted by atomic mass is 10.1. The fraction of sp³-hybridized carbons (Fsp3) is 0.727. The van der Waals surface area contributed by atoms with Crippen LogP contribution < -0.4 is 0 Å². The van der Waals surface area contributed by atoms with E-state index < -0.39 is 5.60 Å². The van der Waals surface area contributed by atoms with Gasteiger partial charge in [0.05, 0.1) is 22.8 Å². The number of thioether (sulfide) groups is 1. The average Bonchev–Trinajstić information content (AvgIpc) is 2.58. The van der Waals surface area contributed by atoms with E-state index in [0.717, 1.165) is 27.1 Å². The van der Waals surface area contributed by atoms with E-state index >= 15 is 0 Å². The van der Waals surface area contributed by atoms with Gasteiger partial charge >= 0.3 is 0 Å². The first-order chi connectivity index (χ1) is 7.49. The summed E-state index contributed by atoms with van der Waals surface area (Å²) < 4.78 is 5.11. The lowest BCUT2D eigenvalue weighted by molar-refractivity contribution is 0.0782. The van der Waals surface area contributed by atoms with Gasteiger partial charge in [-0.15, -0.1) is 11.3 Å².